The van der Waals surface area contributed by atoms with E-state index in [1.165, 1.54) is 76.8 Å². The summed E-state index contributed by atoms with van der Waals surface area (Å²) in [6.45, 7) is 27.9. The first-order valence-corrected chi connectivity index (χ1v) is 16.4. The van der Waals surface area contributed by atoms with Crippen LogP contribution >= 0.6 is 0 Å². The quantitative estimate of drug-likeness (QED) is 0.179. The largest absolute Gasteiger partial charge is 0.0561 e. The van der Waals surface area contributed by atoms with Gasteiger partial charge in [-0.15, -0.1) is 0 Å². The average molecular weight is 579 g/mol. The van der Waals surface area contributed by atoms with Gasteiger partial charge >= 0.3 is 0 Å². The van der Waals surface area contributed by atoms with Crippen molar-refractivity contribution >= 4 is 32.3 Å². The van der Waals surface area contributed by atoms with Gasteiger partial charge in [0.15, 0.2) is 0 Å². The van der Waals surface area contributed by atoms with Gasteiger partial charge in [0.1, 0.15) is 0 Å². The molecule has 0 aliphatic rings. The van der Waals surface area contributed by atoms with Gasteiger partial charge in [0.05, 0.1) is 0 Å². The molecule has 0 nitrogen and oxygen atoms in total. The zero-order chi connectivity index (χ0) is 32.0. The summed E-state index contributed by atoms with van der Waals surface area (Å²) in [5, 5.41) is 8.04. The standard InChI is InChI=1S/C44H50/c1-41(2,3)31-21-29(22-32(25-31)42(4,5)6)35-17-13-27-16-20-38-36(18-14-28-15-19-37(35)39(27)40(28)38)30-23-33(43(7,8)9)26-34(24-30)44(10,11)12/h13-26H,1-12H3. The van der Waals surface area contributed by atoms with Crippen molar-refractivity contribution in [3.05, 3.63) is 107 Å². The first kappa shape index (κ1) is 30.4. The van der Waals surface area contributed by atoms with Crippen molar-refractivity contribution in [2.45, 2.75) is 105 Å². The van der Waals surface area contributed by atoms with E-state index in [1.807, 2.05) is 0 Å². The number of benzene rings is 6. The van der Waals surface area contributed by atoms with Gasteiger partial charge in [-0.25, -0.2) is 0 Å². The smallest absolute Gasteiger partial charge is 0.00203 e. The number of hydrogen-bond donors (Lipinski definition) is 0. The second kappa shape index (κ2) is 9.93. The molecule has 226 valence electrons. The fourth-order valence-electron chi connectivity index (χ4n) is 6.60. The van der Waals surface area contributed by atoms with Gasteiger partial charge in [-0.1, -0.05) is 168 Å². The van der Waals surface area contributed by atoms with Crippen LogP contribution in [0.25, 0.3) is 54.6 Å². The lowest BCUT2D eigenvalue weighted by Gasteiger charge is -2.27. The highest BCUT2D eigenvalue weighted by Gasteiger charge is 2.24. The van der Waals surface area contributed by atoms with E-state index in [-0.39, 0.29) is 21.7 Å². The van der Waals surface area contributed by atoms with Crippen molar-refractivity contribution in [3.8, 4) is 22.3 Å². The Bertz CT molecular complexity index is 1810. The molecule has 0 aliphatic heterocycles. The van der Waals surface area contributed by atoms with Crippen molar-refractivity contribution in [2.24, 2.45) is 0 Å². The van der Waals surface area contributed by atoms with Gasteiger partial charge in [-0.3, -0.25) is 0 Å². The lowest BCUT2D eigenvalue weighted by atomic mass is 9.78. The Kier molecular flexibility index (Phi) is 6.86. The van der Waals surface area contributed by atoms with Crippen LogP contribution in [0.5, 0.6) is 0 Å². The van der Waals surface area contributed by atoms with Crippen LogP contribution in [0.4, 0.5) is 0 Å². The molecule has 6 rings (SSSR count). The highest BCUT2D eigenvalue weighted by atomic mass is 14.3. The topological polar surface area (TPSA) is 0 Å². The van der Waals surface area contributed by atoms with E-state index in [2.05, 4.69) is 168 Å². The minimum absolute atomic E-state index is 0.0716. The molecular formula is C44H50. The Hall–Kier alpha value is -3.64. The number of hydrogen-bond acceptors (Lipinski definition) is 0. The zero-order valence-corrected chi connectivity index (χ0v) is 29.1. The van der Waals surface area contributed by atoms with Crippen LogP contribution in [-0.2, 0) is 21.7 Å². The summed E-state index contributed by atoms with van der Waals surface area (Å²) in [6.07, 6.45) is 0. The van der Waals surface area contributed by atoms with Crippen LogP contribution in [0.1, 0.15) is 105 Å². The maximum atomic E-state index is 2.43. The van der Waals surface area contributed by atoms with E-state index >= 15 is 0 Å². The van der Waals surface area contributed by atoms with Crippen molar-refractivity contribution in [1.82, 2.24) is 0 Å². The Labute approximate surface area is 265 Å². The third-order valence-electron chi connectivity index (χ3n) is 9.62. The van der Waals surface area contributed by atoms with Gasteiger partial charge in [0, 0.05) is 0 Å². The third-order valence-corrected chi connectivity index (χ3v) is 9.62. The van der Waals surface area contributed by atoms with E-state index < -0.39 is 0 Å². The molecule has 0 amide bonds. The van der Waals surface area contributed by atoms with Crippen LogP contribution in [0.3, 0.4) is 0 Å². The first-order valence-electron chi connectivity index (χ1n) is 16.4. The molecule has 6 aromatic rings. The molecule has 0 N–H and O–H groups in total. The van der Waals surface area contributed by atoms with Crippen molar-refractivity contribution in [3.63, 3.8) is 0 Å². The summed E-state index contributed by atoms with van der Waals surface area (Å²) >= 11 is 0. The van der Waals surface area contributed by atoms with Gasteiger partial charge in [0.25, 0.3) is 0 Å². The molecule has 0 atom stereocenters. The Morgan fingerprint density at radius 3 is 0.864 bits per heavy atom. The van der Waals surface area contributed by atoms with Crippen molar-refractivity contribution in [1.29, 1.82) is 0 Å². The van der Waals surface area contributed by atoms with E-state index in [0.29, 0.717) is 0 Å². The molecule has 0 bridgehead atoms. The second-order valence-corrected chi connectivity index (χ2v) is 17.2. The van der Waals surface area contributed by atoms with Crippen LogP contribution in [-0.4, -0.2) is 0 Å². The summed E-state index contributed by atoms with van der Waals surface area (Å²) in [5.74, 6) is 0. The normalized spacial score (nSPS) is 13.5. The molecule has 0 saturated heterocycles. The molecule has 0 spiro atoms. The Morgan fingerprint density at radius 1 is 0.318 bits per heavy atom. The fraction of sp³-hybridized carbons (Fsp3) is 0.364. The summed E-state index contributed by atoms with van der Waals surface area (Å²) < 4.78 is 0. The lowest BCUT2D eigenvalue weighted by Crippen LogP contribution is -2.16. The molecular weight excluding hydrogens is 528 g/mol. The number of rotatable bonds is 2. The van der Waals surface area contributed by atoms with Gasteiger partial charge in [-0.05, 0) is 98.5 Å². The minimum atomic E-state index is 0.0716. The molecule has 0 unspecified atom stereocenters. The highest BCUT2D eigenvalue weighted by molar-refractivity contribution is 6.27. The predicted molar refractivity (Wildman–Crippen MR) is 196 cm³/mol. The molecule has 0 aromatic heterocycles. The van der Waals surface area contributed by atoms with Crippen LogP contribution in [0, 0.1) is 0 Å². The zero-order valence-electron chi connectivity index (χ0n) is 29.1. The summed E-state index contributed by atoms with van der Waals surface area (Å²) in [6, 6.07) is 33.3. The molecule has 0 aliphatic carbocycles. The molecule has 0 fully saturated rings. The van der Waals surface area contributed by atoms with Gasteiger partial charge < -0.3 is 0 Å². The minimum Gasteiger partial charge on any atom is -0.0561 e. The van der Waals surface area contributed by atoms with Crippen molar-refractivity contribution in [2.75, 3.05) is 0 Å². The molecule has 0 radical (unpaired) electrons. The van der Waals surface area contributed by atoms with E-state index in [1.54, 1.807) is 0 Å². The SMILES string of the molecule is CC(C)(C)c1cc(-c2ccc3ccc4c(-c5cc(C(C)(C)C)cc(C(C)(C)C)c5)ccc5ccc2c3c54)cc(C(C)(C)C)c1. The van der Waals surface area contributed by atoms with E-state index in [0.717, 1.165) is 0 Å². The van der Waals surface area contributed by atoms with Crippen LogP contribution in [0.2, 0.25) is 0 Å². The van der Waals surface area contributed by atoms with E-state index in [9.17, 15) is 0 Å². The monoisotopic (exact) mass is 578 g/mol. The maximum Gasteiger partial charge on any atom is -0.00203 e. The Morgan fingerprint density at radius 2 is 0.591 bits per heavy atom. The molecule has 44 heavy (non-hydrogen) atoms. The van der Waals surface area contributed by atoms with Crippen LogP contribution in [0.15, 0.2) is 84.9 Å². The Balaban J connectivity index is 1.66. The lowest BCUT2D eigenvalue weighted by molar-refractivity contribution is 0.568. The highest BCUT2D eigenvalue weighted by Crippen LogP contribution is 2.44. The molecule has 0 heteroatoms. The van der Waals surface area contributed by atoms with Crippen molar-refractivity contribution < 1.29 is 0 Å². The fourth-order valence-corrected chi connectivity index (χ4v) is 6.60. The summed E-state index contributed by atoms with van der Waals surface area (Å²) in [7, 11) is 0. The summed E-state index contributed by atoms with van der Waals surface area (Å²) in [5.41, 5.74) is 11.1. The summed E-state index contributed by atoms with van der Waals surface area (Å²) in [4.78, 5) is 0. The molecule has 0 heterocycles. The van der Waals surface area contributed by atoms with Crippen LogP contribution < -0.4 is 0 Å². The maximum absolute atomic E-state index is 2.43. The third kappa shape index (κ3) is 5.32. The van der Waals surface area contributed by atoms with E-state index in [4.69, 9.17) is 0 Å². The van der Waals surface area contributed by atoms with Gasteiger partial charge in [0.2, 0.25) is 0 Å². The average Bonchev–Trinajstić information content (AvgIpc) is 2.93. The second-order valence-electron chi connectivity index (χ2n) is 17.2. The first-order chi connectivity index (χ1) is 20.3. The predicted octanol–water partition coefficient (Wildman–Crippen LogP) is 13.1. The van der Waals surface area contributed by atoms with Gasteiger partial charge in [-0.2, -0.15) is 0 Å². The molecule has 6 aromatic carbocycles. The molecule has 0 saturated carbocycles.